The number of aryl methyl sites for hydroxylation is 1. The normalized spacial score (nSPS) is 12.1. The Morgan fingerprint density at radius 1 is 1.25 bits per heavy atom. The zero-order valence-electron chi connectivity index (χ0n) is 13.3. The summed E-state index contributed by atoms with van der Waals surface area (Å²) in [5.41, 5.74) is 4.08. The van der Waals surface area contributed by atoms with Crippen molar-refractivity contribution in [3.05, 3.63) is 54.0 Å². The van der Waals surface area contributed by atoms with Gasteiger partial charge in [0.05, 0.1) is 10.2 Å². The molecule has 0 fully saturated rings. The Kier molecular flexibility index (Phi) is 5.02. The second-order valence-corrected chi connectivity index (χ2v) is 7.70. The summed E-state index contributed by atoms with van der Waals surface area (Å²) in [6, 6.07) is 11.9. The highest BCUT2D eigenvalue weighted by Gasteiger charge is 2.08. The first-order valence-electron chi connectivity index (χ1n) is 7.45. The third kappa shape index (κ3) is 3.68. The van der Waals surface area contributed by atoms with E-state index in [1.165, 1.54) is 6.33 Å². The van der Waals surface area contributed by atoms with Gasteiger partial charge in [-0.05, 0) is 49.7 Å². The lowest BCUT2D eigenvalue weighted by molar-refractivity contribution is 0.112. The number of fused-ring (bicyclic) bond motifs is 1. The number of halogens is 1. The van der Waals surface area contributed by atoms with Gasteiger partial charge in [0.2, 0.25) is 0 Å². The summed E-state index contributed by atoms with van der Waals surface area (Å²) in [7, 11) is 0. The van der Waals surface area contributed by atoms with Crippen LogP contribution in [0.1, 0.15) is 23.0 Å². The van der Waals surface area contributed by atoms with Crippen LogP contribution in [0.4, 0.5) is 11.4 Å². The standard InChI is InChI=1S/C18H16ClN3OS/c1-11-6-17-15(18(9-23)21-10-20-17)8-16(11)22-13-4-3-5-14(7-13)24-12(2)19/h3-10,12,22H,1-2H3. The van der Waals surface area contributed by atoms with Crippen LogP contribution in [-0.4, -0.2) is 21.0 Å². The molecule has 1 atom stereocenters. The van der Waals surface area contributed by atoms with Gasteiger partial charge >= 0.3 is 0 Å². The number of aldehydes is 1. The van der Waals surface area contributed by atoms with Crippen LogP contribution in [0, 0.1) is 6.92 Å². The minimum absolute atomic E-state index is 0.00922. The lowest BCUT2D eigenvalue weighted by atomic mass is 10.1. The predicted molar refractivity (Wildman–Crippen MR) is 101 cm³/mol. The highest BCUT2D eigenvalue weighted by molar-refractivity contribution is 8.01. The van der Waals surface area contributed by atoms with Crippen LogP contribution in [0.3, 0.4) is 0 Å². The van der Waals surface area contributed by atoms with Gasteiger partial charge in [0.25, 0.3) is 0 Å². The Bertz CT molecular complexity index is 899. The smallest absolute Gasteiger partial charge is 0.169 e. The second-order valence-electron chi connectivity index (χ2n) is 5.37. The summed E-state index contributed by atoms with van der Waals surface area (Å²) in [5, 5.41) is 4.14. The maximum atomic E-state index is 11.2. The van der Waals surface area contributed by atoms with Gasteiger partial charge in [-0.15, -0.1) is 23.4 Å². The third-order valence-corrected chi connectivity index (χ3v) is 4.65. The number of hydrogen-bond donors (Lipinski definition) is 1. The topological polar surface area (TPSA) is 54.9 Å². The molecule has 0 saturated carbocycles. The van der Waals surface area contributed by atoms with Gasteiger partial charge in [0, 0.05) is 21.7 Å². The van der Waals surface area contributed by atoms with E-state index in [0.29, 0.717) is 5.69 Å². The first-order valence-corrected chi connectivity index (χ1v) is 8.77. The van der Waals surface area contributed by atoms with Crippen molar-refractivity contribution in [1.82, 2.24) is 9.97 Å². The van der Waals surface area contributed by atoms with Crippen molar-refractivity contribution in [2.45, 2.75) is 23.5 Å². The van der Waals surface area contributed by atoms with Crippen molar-refractivity contribution in [3.8, 4) is 0 Å². The van der Waals surface area contributed by atoms with E-state index in [-0.39, 0.29) is 4.71 Å². The molecular formula is C18H16ClN3OS. The molecule has 0 amide bonds. The van der Waals surface area contributed by atoms with E-state index < -0.39 is 0 Å². The van der Waals surface area contributed by atoms with E-state index in [0.717, 1.165) is 39.0 Å². The Morgan fingerprint density at radius 2 is 2.08 bits per heavy atom. The van der Waals surface area contributed by atoms with Crippen molar-refractivity contribution in [2.24, 2.45) is 0 Å². The van der Waals surface area contributed by atoms with Crippen molar-refractivity contribution >= 4 is 51.9 Å². The van der Waals surface area contributed by atoms with Gasteiger partial charge in [0.1, 0.15) is 12.0 Å². The van der Waals surface area contributed by atoms with Crippen molar-refractivity contribution in [2.75, 3.05) is 5.32 Å². The number of anilines is 2. The number of carbonyl (C=O) groups excluding carboxylic acids is 1. The Hall–Kier alpha value is -2.11. The van der Waals surface area contributed by atoms with E-state index in [1.807, 2.05) is 44.2 Å². The number of alkyl halides is 1. The molecule has 0 bridgehead atoms. The van der Waals surface area contributed by atoms with E-state index >= 15 is 0 Å². The van der Waals surface area contributed by atoms with Gasteiger partial charge in [0.15, 0.2) is 6.29 Å². The molecule has 3 aromatic rings. The SMILES string of the molecule is Cc1cc2ncnc(C=O)c2cc1Nc1cccc(SC(C)Cl)c1. The molecule has 1 N–H and O–H groups in total. The number of nitrogens with one attached hydrogen (secondary N) is 1. The first kappa shape index (κ1) is 16.7. The molecule has 0 radical (unpaired) electrons. The molecule has 1 unspecified atom stereocenters. The molecule has 122 valence electrons. The van der Waals surface area contributed by atoms with Gasteiger partial charge in [-0.25, -0.2) is 9.97 Å². The average molecular weight is 358 g/mol. The van der Waals surface area contributed by atoms with Crippen molar-refractivity contribution in [3.63, 3.8) is 0 Å². The Morgan fingerprint density at radius 3 is 2.83 bits per heavy atom. The van der Waals surface area contributed by atoms with Gasteiger partial charge in [-0.3, -0.25) is 4.79 Å². The van der Waals surface area contributed by atoms with Gasteiger partial charge in [-0.1, -0.05) is 6.07 Å². The summed E-state index contributed by atoms with van der Waals surface area (Å²) < 4.78 is 0.00922. The number of benzene rings is 2. The summed E-state index contributed by atoms with van der Waals surface area (Å²) in [6.07, 6.45) is 2.16. The number of nitrogens with zero attached hydrogens (tertiary/aromatic N) is 2. The summed E-state index contributed by atoms with van der Waals surface area (Å²) in [6.45, 7) is 3.95. The quantitative estimate of drug-likeness (QED) is 0.387. The lowest BCUT2D eigenvalue weighted by Gasteiger charge is -2.13. The summed E-state index contributed by atoms with van der Waals surface area (Å²) in [4.78, 5) is 20.5. The highest BCUT2D eigenvalue weighted by Crippen LogP contribution is 2.30. The third-order valence-electron chi connectivity index (χ3n) is 3.54. The molecule has 4 nitrogen and oxygen atoms in total. The van der Waals surface area contributed by atoms with Crippen LogP contribution in [0.25, 0.3) is 10.9 Å². The number of rotatable bonds is 5. The fraction of sp³-hybridized carbons (Fsp3) is 0.167. The largest absolute Gasteiger partial charge is 0.355 e. The molecule has 0 aliphatic heterocycles. The van der Waals surface area contributed by atoms with E-state index in [9.17, 15) is 4.79 Å². The minimum Gasteiger partial charge on any atom is -0.355 e. The zero-order valence-corrected chi connectivity index (χ0v) is 14.9. The van der Waals surface area contributed by atoms with Crippen LogP contribution in [0.15, 0.2) is 47.6 Å². The lowest BCUT2D eigenvalue weighted by Crippen LogP contribution is -1.97. The van der Waals surface area contributed by atoms with E-state index in [4.69, 9.17) is 11.6 Å². The van der Waals surface area contributed by atoms with Crippen LogP contribution in [0.2, 0.25) is 0 Å². The summed E-state index contributed by atoms with van der Waals surface area (Å²) in [5.74, 6) is 0. The van der Waals surface area contributed by atoms with Crippen LogP contribution in [-0.2, 0) is 0 Å². The number of hydrogen-bond acceptors (Lipinski definition) is 5. The first-order chi connectivity index (χ1) is 11.6. The van der Waals surface area contributed by atoms with Crippen LogP contribution < -0.4 is 5.32 Å². The van der Waals surface area contributed by atoms with Crippen molar-refractivity contribution in [1.29, 1.82) is 0 Å². The molecule has 0 saturated heterocycles. The highest BCUT2D eigenvalue weighted by atomic mass is 35.5. The van der Waals surface area contributed by atoms with Crippen LogP contribution >= 0.6 is 23.4 Å². The maximum absolute atomic E-state index is 11.2. The Labute approximate surface area is 149 Å². The fourth-order valence-electron chi connectivity index (χ4n) is 2.45. The number of carbonyl (C=O) groups is 1. The van der Waals surface area contributed by atoms with E-state index in [2.05, 4.69) is 21.4 Å². The molecular weight excluding hydrogens is 342 g/mol. The molecule has 6 heteroatoms. The molecule has 1 aromatic heterocycles. The van der Waals surface area contributed by atoms with Gasteiger partial charge in [-0.2, -0.15) is 0 Å². The molecule has 0 aliphatic carbocycles. The molecule has 2 aromatic carbocycles. The zero-order chi connectivity index (χ0) is 17.1. The van der Waals surface area contributed by atoms with Crippen molar-refractivity contribution < 1.29 is 4.79 Å². The van der Waals surface area contributed by atoms with Crippen LogP contribution in [0.5, 0.6) is 0 Å². The molecule has 0 spiro atoms. The predicted octanol–water partition coefficient (Wildman–Crippen LogP) is 5.17. The maximum Gasteiger partial charge on any atom is 0.169 e. The Balaban J connectivity index is 1.98. The minimum atomic E-state index is 0.00922. The second kappa shape index (κ2) is 7.20. The monoisotopic (exact) mass is 357 g/mol. The van der Waals surface area contributed by atoms with E-state index in [1.54, 1.807) is 11.8 Å². The summed E-state index contributed by atoms with van der Waals surface area (Å²) >= 11 is 7.64. The number of aromatic nitrogens is 2. The number of thioether (sulfide) groups is 1. The molecule has 1 heterocycles. The average Bonchev–Trinajstić information content (AvgIpc) is 2.54. The molecule has 24 heavy (non-hydrogen) atoms. The van der Waals surface area contributed by atoms with Gasteiger partial charge < -0.3 is 5.32 Å². The molecule has 3 rings (SSSR count). The molecule has 0 aliphatic rings. The fourth-order valence-corrected chi connectivity index (χ4v) is 3.48.